The van der Waals surface area contributed by atoms with Gasteiger partial charge >= 0.3 is 0 Å². The molecular weight excluding hydrogens is 426 g/mol. The predicted octanol–water partition coefficient (Wildman–Crippen LogP) is 3.73. The second-order valence-corrected chi connectivity index (χ2v) is 8.95. The summed E-state index contributed by atoms with van der Waals surface area (Å²) in [6.45, 7) is 5.75. The van der Waals surface area contributed by atoms with Gasteiger partial charge in [-0.15, -0.1) is 0 Å². The highest BCUT2D eigenvalue weighted by molar-refractivity contribution is 5.90. The molecule has 1 unspecified atom stereocenters. The molecule has 0 radical (unpaired) electrons. The third-order valence-electron chi connectivity index (χ3n) is 6.13. The number of nitrogens with zero attached hydrogens (tertiary/aromatic N) is 4. The summed E-state index contributed by atoms with van der Waals surface area (Å²) in [5, 5.41) is 9.67. The van der Waals surface area contributed by atoms with Gasteiger partial charge in [0.1, 0.15) is 23.6 Å². The van der Waals surface area contributed by atoms with Crippen LogP contribution in [0.2, 0.25) is 0 Å². The van der Waals surface area contributed by atoms with E-state index < -0.39 is 0 Å². The fourth-order valence-corrected chi connectivity index (χ4v) is 4.31. The maximum atomic E-state index is 9.67. The highest BCUT2D eigenvalue weighted by Crippen LogP contribution is 2.24. The van der Waals surface area contributed by atoms with Crippen LogP contribution in [-0.4, -0.2) is 50.3 Å². The van der Waals surface area contributed by atoms with E-state index in [0.717, 1.165) is 86.1 Å². The van der Waals surface area contributed by atoms with Crippen LogP contribution >= 0.6 is 0 Å². The molecule has 3 N–H and O–H groups in total. The van der Waals surface area contributed by atoms with Gasteiger partial charge in [0.15, 0.2) is 5.82 Å². The molecule has 0 spiro atoms. The molecule has 2 aromatic heterocycles. The number of aryl methyl sites for hydroxylation is 1. The van der Waals surface area contributed by atoms with Crippen molar-refractivity contribution in [3.05, 3.63) is 53.5 Å². The van der Waals surface area contributed by atoms with E-state index in [1.807, 2.05) is 41.1 Å². The highest BCUT2D eigenvalue weighted by Gasteiger charge is 2.19. The van der Waals surface area contributed by atoms with Crippen LogP contribution in [0.15, 0.2) is 36.5 Å². The molecule has 0 aliphatic carbocycles. The van der Waals surface area contributed by atoms with E-state index in [9.17, 15) is 5.11 Å². The Balaban J connectivity index is 1.48. The molecule has 1 aliphatic heterocycles. The molecule has 180 valence electrons. The number of aromatic nitrogens is 3. The van der Waals surface area contributed by atoms with Gasteiger partial charge in [-0.05, 0) is 31.4 Å². The number of unbranched alkanes of at least 4 members (excludes halogenated alkanes) is 2. The minimum Gasteiger partial charge on any atom is -0.392 e. The maximum absolute atomic E-state index is 9.67. The number of likely N-dealkylation sites (tertiary alicyclic amines) is 1. The molecular formula is C27H35N5O2. The monoisotopic (exact) mass is 461 g/mol. The Morgan fingerprint density at radius 2 is 2.06 bits per heavy atom. The number of hydrogen-bond acceptors (Lipinski definition) is 6. The molecule has 0 amide bonds. The Kier molecular flexibility index (Phi) is 8.53. The molecule has 4 rings (SSSR count). The lowest BCUT2D eigenvalue weighted by Gasteiger charge is -2.12. The van der Waals surface area contributed by atoms with Crippen LogP contribution in [0, 0.1) is 11.8 Å². The lowest BCUT2D eigenvalue weighted by atomic mass is 10.2. The normalized spacial score (nSPS) is 16.1. The van der Waals surface area contributed by atoms with Crippen molar-refractivity contribution in [3.8, 4) is 11.8 Å². The molecule has 1 atom stereocenters. The number of nitrogen functional groups attached to an aromatic ring is 1. The molecule has 0 bridgehead atoms. The first-order chi connectivity index (χ1) is 16.6. The van der Waals surface area contributed by atoms with Gasteiger partial charge in [0, 0.05) is 32.1 Å². The summed E-state index contributed by atoms with van der Waals surface area (Å²) in [6.07, 6.45) is 7.38. The molecule has 3 aromatic rings. The quantitative estimate of drug-likeness (QED) is 0.353. The topological polar surface area (TPSA) is 89.4 Å². The van der Waals surface area contributed by atoms with E-state index in [-0.39, 0.29) is 6.10 Å². The number of hydrogen-bond donors (Lipinski definition) is 2. The lowest BCUT2D eigenvalue weighted by Crippen LogP contribution is -2.22. The zero-order chi connectivity index (χ0) is 23.8. The van der Waals surface area contributed by atoms with E-state index in [1.165, 1.54) is 0 Å². The highest BCUT2D eigenvalue weighted by atomic mass is 16.5. The van der Waals surface area contributed by atoms with Gasteiger partial charge in [0.05, 0.1) is 18.3 Å². The molecule has 7 nitrogen and oxygen atoms in total. The van der Waals surface area contributed by atoms with Crippen molar-refractivity contribution in [1.82, 2.24) is 19.4 Å². The molecule has 7 heteroatoms. The maximum Gasteiger partial charge on any atom is 0.151 e. The first kappa shape index (κ1) is 24.2. The van der Waals surface area contributed by atoms with Gasteiger partial charge in [-0.2, -0.15) is 0 Å². The Bertz CT molecular complexity index is 1130. The van der Waals surface area contributed by atoms with Crippen LogP contribution in [0.5, 0.6) is 0 Å². The molecule has 3 heterocycles. The zero-order valence-corrected chi connectivity index (χ0v) is 20.0. The summed E-state index contributed by atoms with van der Waals surface area (Å²) in [6, 6.07) is 10.1. The summed E-state index contributed by atoms with van der Waals surface area (Å²) in [4.78, 5) is 11.7. The largest absolute Gasteiger partial charge is 0.392 e. The number of rotatable bonds is 10. The number of anilines is 1. The number of ether oxygens (including phenoxy) is 1. The van der Waals surface area contributed by atoms with Crippen LogP contribution in [0.1, 0.15) is 56.0 Å². The first-order valence-electron chi connectivity index (χ1n) is 12.3. The van der Waals surface area contributed by atoms with Gasteiger partial charge in [-0.25, -0.2) is 9.97 Å². The van der Waals surface area contributed by atoms with Crippen molar-refractivity contribution in [1.29, 1.82) is 0 Å². The van der Waals surface area contributed by atoms with Crippen molar-refractivity contribution in [3.63, 3.8) is 0 Å². The van der Waals surface area contributed by atoms with Gasteiger partial charge in [-0.1, -0.05) is 55.5 Å². The average molecular weight is 462 g/mol. The van der Waals surface area contributed by atoms with E-state index in [2.05, 4.69) is 28.6 Å². The van der Waals surface area contributed by atoms with Crippen molar-refractivity contribution in [2.24, 2.45) is 0 Å². The number of aliphatic hydroxyl groups is 1. The second kappa shape index (κ2) is 12.0. The number of nitrogens with two attached hydrogens (primary N) is 1. The average Bonchev–Trinajstić information content (AvgIpc) is 3.41. The molecule has 0 saturated carbocycles. The van der Waals surface area contributed by atoms with Gasteiger partial charge in [0.2, 0.25) is 0 Å². The third kappa shape index (κ3) is 6.35. The van der Waals surface area contributed by atoms with Crippen LogP contribution in [0.25, 0.3) is 11.0 Å². The third-order valence-corrected chi connectivity index (χ3v) is 6.13. The predicted molar refractivity (Wildman–Crippen MR) is 135 cm³/mol. The summed E-state index contributed by atoms with van der Waals surface area (Å²) in [5.74, 6) is 7.87. The Morgan fingerprint density at radius 1 is 1.21 bits per heavy atom. The smallest absolute Gasteiger partial charge is 0.151 e. The fourth-order valence-electron chi connectivity index (χ4n) is 4.31. The molecule has 1 aliphatic rings. The minimum absolute atomic E-state index is 0.173. The lowest BCUT2D eigenvalue weighted by molar-refractivity contribution is 0.0668. The molecule has 1 fully saturated rings. The van der Waals surface area contributed by atoms with Gasteiger partial charge in [-0.3, -0.25) is 0 Å². The van der Waals surface area contributed by atoms with Crippen molar-refractivity contribution >= 4 is 16.9 Å². The molecule has 34 heavy (non-hydrogen) atoms. The summed E-state index contributed by atoms with van der Waals surface area (Å²) in [7, 11) is 0. The van der Waals surface area contributed by atoms with Gasteiger partial charge in [0.25, 0.3) is 0 Å². The van der Waals surface area contributed by atoms with Gasteiger partial charge < -0.3 is 25.0 Å². The van der Waals surface area contributed by atoms with E-state index >= 15 is 0 Å². The summed E-state index contributed by atoms with van der Waals surface area (Å²) < 4.78 is 7.93. The standard InChI is InChI=1S/C27H35N5O2/c1-2-3-13-24-29-25-22(12-8-5-9-15-31-16-14-23(33)18-31)17-32(26(25)27(28)30-24)20-34-19-21-10-6-4-7-11-21/h4,6-7,10-11,17,23,33H,2-3,5,9,13-16,18-20H2,1H3,(H2,28,29,30). The van der Waals surface area contributed by atoms with Crippen LogP contribution in [-0.2, 0) is 24.5 Å². The molecule has 1 aromatic carbocycles. The second-order valence-electron chi connectivity index (χ2n) is 8.95. The summed E-state index contributed by atoms with van der Waals surface area (Å²) >= 11 is 0. The number of aliphatic hydroxyl groups excluding tert-OH is 1. The number of β-amino-alcohol motifs (C(OH)–C–C–N with tert-alkyl or cyclic N) is 1. The van der Waals surface area contributed by atoms with Crippen LogP contribution in [0.3, 0.4) is 0 Å². The SMILES string of the molecule is CCCCc1nc(N)c2c(n1)c(C#CCCCN1CCC(O)C1)cn2COCc1ccccc1. The van der Waals surface area contributed by atoms with E-state index in [4.69, 9.17) is 15.5 Å². The Labute approximate surface area is 202 Å². The van der Waals surface area contributed by atoms with E-state index in [0.29, 0.717) is 19.2 Å². The first-order valence-corrected chi connectivity index (χ1v) is 12.3. The summed E-state index contributed by atoms with van der Waals surface area (Å²) in [5.41, 5.74) is 9.95. The van der Waals surface area contributed by atoms with Crippen molar-refractivity contribution in [2.75, 3.05) is 25.4 Å². The van der Waals surface area contributed by atoms with Crippen LogP contribution < -0.4 is 5.73 Å². The zero-order valence-electron chi connectivity index (χ0n) is 20.0. The van der Waals surface area contributed by atoms with Crippen LogP contribution in [0.4, 0.5) is 5.82 Å². The Hall–Kier alpha value is -2.92. The fraction of sp³-hybridized carbons (Fsp3) is 0.481. The molecule has 1 saturated heterocycles. The Morgan fingerprint density at radius 3 is 2.82 bits per heavy atom. The minimum atomic E-state index is -0.173. The number of fused-ring (bicyclic) bond motifs is 1. The van der Waals surface area contributed by atoms with Crippen molar-refractivity contribution < 1.29 is 9.84 Å². The van der Waals surface area contributed by atoms with Crippen molar-refractivity contribution in [2.45, 2.75) is 64.9 Å². The number of benzene rings is 1. The van der Waals surface area contributed by atoms with E-state index in [1.54, 1.807) is 0 Å².